The van der Waals surface area contributed by atoms with Gasteiger partial charge in [-0.3, -0.25) is 39.6 Å². The van der Waals surface area contributed by atoms with E-state index in [9.17, 15) is 43.4 Å². The number of nitrogens with zero attached hydrogens (tertiary/aromatic N) is 3. The standard InChI is InChI=1S/C46H54FN7O8/c1-25(37(48)55)43(3)27-9-13-29(14-10-27)45(43,39(57)50-41(59)60)52-23-5-7-33(52)35-21-22-36(54(35)32-19-17-31(47)18-20-32)34-8-6-24-53(34)46(40(58)51-42(61)62)30-15-11-28(12-16-30)44(46,4)26(2)38(49)56/h9-20,25-26,33-36H,5-8,21-24H2,1-4H3,(H2,48,55)(H2,49,56)(H,50,57)(H,51,58)(H,59,60)(H,61,62)/t25?,26?,33?,34?,35-,36-,43-,44-,45-,46-/m1/s1. The predicted octanol–water partition coefficient (Wildman–Crippen LogP) is 4.26. The first-order chi connectivity index (χ1) is 29.4. The number of carboxylic acid groups (broad SMARTS) is 2. The molecule has 16 heteroatoms. The lowest BCUT2D eigenvalue weighted by molar-refractivity contribution is -0.148. The Morgan fingerprint density at radius 2 is 0.952 bits per heavy atom. The minimum Gasteiger partial charge on any atom is -0.465 e. The number of benzene rings is 3. The number of hydrogen-bond donors (Lipinski definition) is 6. The SMILES string of the molecule is CC(C(N)=O)[C@]1(C)c2ccc(cc2)[C@]1(C(=O)NC(=O)O)N1CCCC1[C@H]1CC[C@H](C2CCCN2[C@@]2(C(=O)NC(=O)O)c3ccc(cc3)[C@@]2(C)C(C)C(N)=O)N1c1ccc(F)cc1. The highest BCUT2D eigenvalue weighted by Gasteiger charge is 2.69. The second kappa shape index (κ2) is 15.2. The molecule has 328 valence electrons. The molecule has 15 nitrogen and oxygen atoms in total. The van der Waals surface area contributed by atoms with Crippen molar-refractivity contribution < 1.29 is 43.4 Å². The van der Waals surface area contributed by atoms with Gasteiger partial charge in [-0.1, -0.05) is 76.2 Å². The number of amides is 6. The molecule has 3 saturated heterocycles. The van der Waals surface area contributed by atoms with Gasteiger partial charge in [0.2, 0.25) is 11.8 Å². The molecule has 6 amide bonds. The van der Waals surface area contributed by atoms with Crippen molar-refractivity contribution in [3.8, 4) is 0 Å². The summed E-state index contributed by atoms with van der Waals surface area (Å²) < 4.78 is 14.8. The smallest absolute Gasteiger partial charge is 0.411 e. The van der Waals surface area contributed by atoms with E-state index in [1.54, 1.807) is 64.1 Å². The molecule has 10 atom stereocenters. The van der Waals surface area contributed by atoms with Crippen molar-refractivity contribution in [2.75, 3.05) is 18.0 Å². The average Bonchev–Trinajstić information content (AvgIpc) is 4.02. The molecule has 7 aliphatic rings. The van der Waals surface area contributed by atoms with Gasteiger partial charge in [0.25, 0.3) is 11.8 Å². The van der Waals surface area contributed by atoms with Crippen LogP contribution in [0.1, 0.15) is 88.5 Å². The van der Waals surface area contributed by atoms with E-state index in [0.717, 1.165) is 0 Å². The van der Waals surface area contributed by atoms with Crippen LogP contribution in [0.5, 0.6) is 0 Å². The molecular formula is C46H54FN7O8. The van der Waals surface area contributed by atoms with Crippen LogP contribution in [0.4, 0.5) is 19.7 Å². The fourth-order valence-electron chi connectivity index (χ4n) is 13.0. The van der Waals surface area contributed by atoms with E-state index in [1.165, 1.54) is 12.1 Å². The normalized spacial score (nSPS) is 32.4. The number of imide groups is 2. The largest absolute Gasteiger partial charge is 0.465 e. The minimum atomic E-state index is -1.69. The number of nitrogens with two attached hydrogens (primary N) is 2. The van der Waals surface area contributed by atoms with Gasteiger partial charge in [0.1, 0.15) is 16.9 Å². The van der Waals surface area contributed by atoms with Crippen molar-refractivity contribution in [1.82, 2.24) is 20.4 Å². The number of primary amides is 2. The van der Waals surface area contributed by atoms with Gasteiger partial charge in [0.15, 0.2) is 0 Å². The van der Waals surface area contributed by atoms with E-state index in [-0.39, 0.29) is 12.1 Å². The van der Waals surface area contributed by atoms with E-state index < -0.39 is 87.5 Å². The molecule has 3 fully saturated rings. The summed E-state index contributed by atoms with van der Waals surface area (Å²) in [6.45, 7) is 7.69. The third-order valence-electron chi connectivity index (χ3n) is 15.9. The zero-order chi connectivity index (χ0) is 44.7. The number of hydrogen-bond acceptors (Lipinski definition) is 9. The van der Waals surface area contributed by atoms with Crippen molar-refractivity contribution >= 4 is 41.5 Å². The fraction of sp³-hybridized carbons (Fsp3) is 0.478. The topological polar surface area (TPSA) is 229 Å². The molecule has 10 rings (SSSR count). The molecule has 0 aromatic heterocycles. The molecule has 3 aromatic rings. The number of anilines is 1. The van der Waals surface area contributed by atoms with Crippen molar-refractivity contribution in [2.24, 2.45) is 23.3 Å². The lowest BCUT2D eigenvalue weighted by Crippen LogP contribution is -2.73. The first kappa shape index (κ1) is 42.8. The summed E-state index contributed by atoms with van der Waals surface area (Å²) in [5, 5.41) is 24.5. The number of rotatable bonds is 11. The maximum atomic E-state index is 14.9. The van der Waals surface area contributed by atoms with Gasteiger partial charge in [-0.15, -0.1) is 0 Å². The second-order valence-corrected chi connectivity index (χ2v) is 18.1. The Morgan fingerprint density at radius 3 is 1.29 bits per heavy atom. The van der Waals surface area contributed by atoms with Gasteiger partial charge < -0.3 is 26.6 Å². The van der Waals surface area contributed by atoms with E-state index >= 15 is 0 Å². The Kier molecular flexibility index (Phi) is 10.5. The van der Waals surface area contributed by atoms with E-state index in [4.69, 9.17) is 11.5 Å². The quantitative estimate of drug-likeness (QED) is 0.160. The first-order valence-electron chi connectivity index (χ1n) is 21.3. The molecule has 4 bridgehead atoms. The number of nitrogens with one attached hydrogen (secondary N) is 2. The molecule has 3 aromatic carbocycles. The van der Waals surface area contributed by atoms with Crippen LogP contribution in [0, 0.1) is 17.7 Å². The Morgan fingerprint density at radius 1 is 0.597 bits per heavy atom. The number of carbonyl (C=O) groups is 6. The second-order valence-electron chi connectivity index (χ2n) is 18.1. The van der Waals surface area contributed by atoms with Crippen LogP contribution in [0.2, 0.25) is 0 Å². The van der Waals surface area contributed by atoms with E-state index in [1.807, 2.05) is 24.3 Å². The van der Waals surface area contributed by atoms with Crippen LogP contribution >= 0.6 is 0 Å². The summed E-state index contributed by atoms with van der Waals surface area (Å²) in [5.74, 6) is -5.18. The van der Waals surface area contributed by atoms with Crippen molar-refractivity contribution in [2.45, 2.75) is 112 Å². The van der Waals surface area contributed by atoms with Gasteiger partial charge in [-0.05, 0) is 98.1 Å². The average molecular weight is 852 g/mol. The van der Waals surface area contributed by atoms with Gasteiger partial charge in [0, 0.05) is 52.5 Å². The summed E-state index contributed by atoms with van der Waals surface area (Å²) in [7, 11) is 0. The molecule has 8 N–H and O–H groups in total. The predicted molar refractivity (Wildman–Crippen MR) is 225 cm³/mol. The molecule has 0 radical (unpaired) electrons. The minimum absolute atomic E-state index is 0.360. The molecular weight excluding hydrogens is 798 g/mol. The summed E-state index contributed by atoms with van der Waals surface area (Å²) >= 11 is 0. The molecule has 62 heavy (non-hydrogen) atoms. The number of carbonyl (C=O) groups excluding carboxylic acids is 4. The highest BCUT2D eigenvalue weighted by molar-refractivity contribution is 6.01. The number of halogens is 1. The third-order valence-corrected chi connectivity index (χ3v) is 15.9. The van der Waals surface area contributed by atoms with Crippen molar-refractivity contribution in [3.63, 3.8) is 0 Å². The van der Waals surface area contributed by atoms with Crippen LogP contribution in [0.15, 0.2) is 72.8 Å². The summed E-state index contributed by atoms with van der Waals surface area (Å²) in [5.41, 5.74) is 9.17. The molecule has 0 saturated carbocycles. The van der Waals surface area contributed by atoms with E-state index in [2.05, 4.69) is 25.3 Å². The van der Waals surface area contributed by atoms with Crippen LogP contribution in [-0.2, 0) is 41.1 Å². The lowest BCUT2D eigenvalue weighted by atomic mass is 9.53. The maximum Gasteiger partial charge on any atom is 0.411 e. The van der Waals surface area contributed by atoms with Crippen molar-refractivity contribution in [3.05, 3.63) is 101 Å². The summed E-state index contributed by atoms with van der Waals surface area (Å²) in [6.07, 6.45) is 0.517. The van der Waals surface area contributed by atoms with Gasteiger partial charge >= 0.3 is 12.2 Å². The third kappa shape index (κ3) is 5.74. The molecule has 3 aliphatic heterocycles. The Balaban J connectivity index is 1.28. The summed E-state index contributed by atoms with van der Waals surface area (Å²) in [4.78, 5) is 87.4. The van der Waals surface area contributed by atoms with Gasteiger partial charge in [0.05, 0.1) is 0 Å². The molecule has 4 aliphatic carbocycles. The highest BCUT2D eigenvalue weighted by atomic mass is 19.1. The highest BCUT2D eigenvalue weighted by Crippen LogP contribution is 2.60. The zero-order valence-electron chi connectivity index (χ0n) is 35.3. The number of fused-ring (bicyclic) bond motifs is 6. The van der Waals surface area contributed by atoms with Crippen molar-refractivity contribution in [1.29, 1.82) is 0 Å². The van der Waals surface area contributed by atoms with Crippen LogP contribution in [0.3, 0.4) is 0 Å². The summed E-state index contributed by atoms with van der Waals surface area (Å²) in [6, 6.07) is 19.2. The lowest BCUT2D eigenvalue weighted by Gasteiger charge is -2.60. The first-order valence-corrected chi connectivity index (χ1v) is 21.3. The van der Waals surface area contributed by atoms with Gasteiger partial charge in [-0.25, -0.2) is 14.0 Å². The monoisotopic (exact) mass is 851 g/mol. The Bertz CT molecular complexity index is 2190. The molecule has 3 heterocycles. The van der Waals surface area contributed by atoms with E-state index in [0.29, 0.717) is 79.6 Å². The van der Waals surface area contributed by atoms with Crippen LogP contribution < -0.4 is 27.0 Å². The molecule has 0 spiro atoms. The van der Waals surface area contributed by atoms with Gasteiger partial charge in [-0.2, -0.15) is 0 Å². The fourth-order valence-corrected chi connectivity index (χ4v) is 13.0. The molecule has 4 unspecified atom stereocenters. The van der Waals surface area contributed by atoms with Crippen LogP contribution in [0.25, 0.3) is 0 Å². The zero-order valence-corrected chi connectivity index (χ0v) is 35.3. The maximum absolute atomic E-state index is 14.9. The Hall–Kier alpha value is -5.87. The van der Waals surface area contributed by atoms with Crippen LogP contribution in [-0.4, -0.2) is 93.1 Å². The number of likely N-dealkylation sites (tertiary alicyclic amines) is 2. The Labute approximate surface area is 359 Å².